The van der Waals surface area contributed by atoms with Gasteiger partial charge in [-0.1, -0.05) is 52.8 Å². The number of nitrogens with one attached hydrogen (secondary N) is 1. The number of halogens is 1. The molecule has 2 aromatic rings. The van der Waals surface area contributed by atoms with Crippen LogP contribution >= 0.6 is 0 Å². The normalized spacial score (nSPS) is 16.5. The van der Waals surface area contributed by atoms with Crippen LogP contribution in [-0.4, -0.2) is 35.9 Å². The Morgan fingerprint density at radius 1 is 1.12 bits per heavy atom. The molecule has 2 unspecified atom stereocenters. The number of nitrogens with zero attached hydrogens (tertiary/aromatic N) is 1. The zero-order valence-corrected chi connectivity index (χ0v) is 20.2. The third kappa shape index (κ3) is 5.92. The molecule has 1 aliphatic rings. The summed E-state index contributed by atoms with van der Waals surface area (Å²) in [5.41, 5.74) is 2.93. The van der Waals surface area contributed by atoms with Gasteiger partial charge in [0.25, 0.3) is 5.91 Å². The lowest BCUT2D eigenvalue weighted by molar-refractivity contribution is -0.136. The Morgan fingerprint density at radius 2 is 1.82 bits per heavy atom. The molecule has 0 saturated heterocycles. The fourth-order valence-corrected chi connectivity index (χ4v) is 4.15. The maximum absolute atomic E-state index is 13.6. The minimum absolute atomic E-state index is 0.0563. The maximum Gasteiger partial charge on any atom is 0.261 e. The number of amides is 2. The van der Waals surface area contributed by atoms with Gasteiger partial charge in [0, 0.05) is 19.0 Å². The van der Waals surface area contributed by atoms with Gasteiger partial charge < -0.3 is 15.0 Å². The first-order chi connectivity index (χ1) is 15.7. The number of ether oxygens (including phenoxy) is 1. The van der Waals surface area contributed by atoms with Crippen molar-refractivity contribution in [3.8, 4) is 5.75 Å². The second-order valence-corrected chi connectivity index (χ2v) is 9.40. The minimum Gasteiger partial charge on any atom is -0.481 e. The Hall–Kier alpha value is -2.89. The highest BCUT2D eigenvalue weighted by atomic mass is 19.1. The number of benzene rings is 2. The van der Waals surface area contributed by atoms with Crippen LogP contribution in [-0.2, 0) is 16.0 Å². The van der Waals surface area contributed by atoms with E-state index < -0.39 is 6.10 Å². The number of carbonyl (C=O) groups is 2. The van der Waals surface area contributed by atoms with Gasteiger partial charge in [0.2, 0.25) is 5.91 Å². The zero-order chi connectivity index (χ0) is 24.1. The van der Waals surface area contributed by atoms with Gasteiger partial charge in [-0.3, -0.25) is 9.59 Å². The first kappa shape index (κ1) is 24.7. The molecule has 0 saturated carbocycles. The smallest absolute Gasteiger partial charge is 0.261 e. The standard InChI is InChI=1S/C27H35FN2O3/c1-6-24(26(31)29-16-17(2)3)33-22-12-9-19-13-14-30(27(32)18(4)5)25(23(19)15-22)20-7-10-21(28)11-8-20/h7-12,15,17-18,24-25H,6,13-14,16H2,1-5H3,(H,29,31). The van der Waals surface area contributed by atoms with Gasteiger partial charge in [-0.25, -0.2) is 4.39 Å². The minimum atomic E-state index is -0.594. The summed E-state index contributed by atoms with van der Waals surface area (Å²) in [5, 5.41) is 2.94. The Morgan fingerprint density at radius 3 is 2.42 bits per heavy atom. The van der Waals surface area contributed by atoms with E-state index in [4.69, 9.17) is 4.74 Å². The van der Waals surface area contributed by atoms with E-state index in [-0.39, 0.29) is 29.6 Å². The van der Waals surface area contributed by atoms with Crippen molar-refractivity contribution in [1.82, 2.24) is 10.2 Å². The summed E-state index contributed by atoms with van der Waals surface area (Å²) >= 11 is 0. The summed E-state index contributed by atoms with van der Waals surface area (Å²) in [7, 11) is 0. The van der Waals surface area contributed by atoms with Crippen molar-refractivity contribution in [1.29, 1.82) is 0 Å². The molecule has 0 radical (unpaired) electrons. The molecule has 0 bridgehead atoms. The van der Waals surface area contributed by atoms with Crippen molar-refractivity contribution in [2.24, 2.45) is 11.8 Å². The monoisotopic (exact) mass is 454 g/mol. The van der Waals surface area contributed by atoms with E-state index >= 15 is 0 Å². The number of hydrogen-bond acceptors (Lipinski definition) is 3. The number of hydrogen-bond donors (Lipinski definition) is 1. The molecule has 1 aliphatic heterocycles. The fourth-order valence-electron chi connectivity index (χ4n) is 4.15. The van der Waals surface area contributed by atoms with Gasteiger partial charge >= 0.3 is 0 Å². The van der Waals surface area contributed by atoms with Gasteiger partial charge in [-0.2, -0.15) is 0 Å². The van der Waals surface area contributed by atoms with Gasteiger partial charge in [0.1, 0.15) is 11.6 Å². The van der Waals surface area contributed by atoms with Crippen molar-refractivity contribution in [3.05, 3.63) is 65.0 Å². The molecule has 33 heavy (non-hydrogen) atoms. The first-order valence-electron chi connectivity index (χ1n) is 11.8. The lowest BCUT2D eigenvalue weighted by Gasteiger charge is -2.39. The SMILES string of the molecule is CCC(Oc1ccc2c(c1)C(c1ccc(F)cc1)N(C(=O)C(C)C)CC2)C(=O)NCC(C)C. The van der Waals surface area contributed by atoms with Crippen molar-refractivity contribution in [3.63, 3.8) is 0 Å². The molecule has 0 spiro atoms. The molecule has 2 aromatic carbocycles. The first-order valence-corrected chi connectivity index (χ1v) is 11.8. The molecular formula is C27H35FN2O3. The highest BCUT2D eigenvalue weighted by molar-refractivity contribution is 5.81. The molecule has 0 aromatic heterocycles. The van der Waals surface area contributed by atoms with Crippen molar-refractivity contribution < 1.29 is 18.7 Å². The Bertz CT molecular complexity index is 972. The van der Waals surface area contributed by atoms with Crippen LogP contribution < -0.4 is 10.1 Å². The van der Waals surface area contributed by atoms with E-state index in [1.807, 2.05) is 57.7 Å². The number of carbonyl (C=O) groups excluding carboxylic acids is 2. The van der Waals surface area contributed by atoms with Gasteiger partial charge in [0.15, 0.2) is 6.10 Å². The summed E-state index contributed by atoms with van der Waals surface area (Å²) < 4.78 is 19.7. The second kappa shape index (κ2) is 10.8. The van der Waals surface area contributed by atoms with Crippen molar-refractivity contribution in [2.75, 3.05) is 13.1 Å². The lowest BCUT2D eigenvalue weighted by atomic mass is 9.87. The van der Waals surface area contributed by atoms with Crippen molar-refractivity contribution >= 4 is 11.8 Å². The van der Waals surface area contributed by atoms with Crippen LogP contribution in [0.1, 0.15) is 63.8 Å². The number of fused-ring (bicyclic) bond motifs is 1. The van der Waals surface area contributed by atoms with Crippen LogP contribution in [0.25, 0.3) is 0 Å². The van der Waals surface area contributed by atoms with Crippen LogP contribution in [0.3, 0.4) is 0 Å². The number of rotatable bonds is 8. The molecule has 0 aliphatic carbocycles. The summed E-state index contributed by atoms with van der Waals surface area (Å²) in [6.45, 7) is 11.0. The molecule has 3 rings (SSSR count). The Kier molecular flexibility index (Phi) is 8.11. The predicted molar refractivity (Wildman–Crippen MR) is 127 cm³/mol. The average molecular weight is 455 g/mol. The van der Waals surface area contributed by atoms with E-state index in [0.29, 0.717) is 31.2 Å². The van der Waals surface area contributed by atoms with E-state index in [0.717, 1.165) is 23.1 Å². The zero-order valence-electron chi connectivity index (χ0n) is 20.2. The predicted octanol–water partition coefficient (Wildman–Crippen LogP) is 4.89. The Labute approximate surface area is 196 Å². The van der Waals surface area contributed by atoms with Crippen LogP contribution in [0.2, 0.25) is 0 Å². The van der Waals surface area contributed by atoms with Crippen LogP contribution in [0.15, 0.2) is 42.5 Å². The molecule has 0 fully saturated rings. The third-order valence-electron chi connectivity index (χ3n) is 5.93. The van der Waals surface area contributed by atoms with Gasteiger partial charge in [-0.05, 0) is 59.7 Å². The molecule has 1 N–H and O–H groups in total. The van der Waals surface area contributed by atoms with E-state index in [1.54, 1.807) is 12.1 Å². The van der Waals surface area contributed by atoms with Gasteiger partial charge in [0.05, 0.1) is 6.04 Å². The molecule has 5 nitrogen and oxygen atoms in total. The lowest BCUT2D eigenvalue weighted by Crippen LogP contribution is -2.42. The van der Waals surface area contributed by atoms with Crippen LogP contribution in [0.5, 0.6) is 5.75 Å². The quantitative estimate of drug-likeness (QED) is 0.618. The Balaban J connectivity index is 1.95. The van der Waals surface area contributed by atoms with Crippen molar-refractivity contribution in [2.45, 2.75) is 59.6 Å². The molecule has 1 heterocycles. The largest absolute Gasteiger partial charge is 0.481 e. The average Bonchev–Trinajstić information content (AvgIpc) is 2.80. The fraction of sp³-hybridized carbons (Fsp3) is 0.481. The molecule has 178 valence electrons. The highest BCUT2D eigenvalue weighted by Crippen LogP contribution is 2.38. The summed E-state index contributed by atoms with van der Waals surface area (Å²) in [4.78, 5) is 27.5. The van der Waals surface area contributed by atoms with Crippen LogP contribution in [0.4, 0.5) is 4.39 Å². The second-order valence-electron chi connectivity index (χ2n) is 9.40. The highest BCUT2D eigenvalue weighted by Gasteiger charge is 2.33. The summed E-state index contributed by atoms with van der Waals surface area (Å²) in [5.74, 6) is 0.411. The van der Waals surface area contributed by atoms with Gasteiger partial charge in [-0.15, -0.1) is 0 Å². The van der Waals surface area contributed by atoms with E-state index in [1.165, 1.54) is 12.1 Å². The maximum atomic E-state index is 13.6. The topological polar surface area (TPSA) is 58.6 Å². The van der Waals surface area contributed by atoms with Crippen LogP contribution in [0, 0.1) is 17.7 Å². The molecule has 6 heteroatoms. The molecular weight excluding hydrogens is 419 g/mol. The summed E-state index contributed by atoms with van der Waals surface area (Å²) in [6, 6.07) is 11.8. The third-order valence-corrected chi connectivity index (χ3v) is 5.93. The van der Waals surface area contributed by atoms with E-state index in [2.05, 4.69) is 5.32 Å². The molecule has 2 atom stereocenters. The molecule has 2 amide bonds. The summed E-state index contributed by atoms with van der Waals surface area (Å²) in [6.07, 6.45) is 0.682. The van der Waals surface area contributed by atoms with E-state index in [9.17, 15) is 14.0 Å².